The first-order valence-electron chi connectivity index (χ1n) is 9.74. The van der Waals surface area contributed by atoms with Gasteiger partial charge in [-0.25, -0.2) is 0 Å². The van der Waals surface area contributed by atoms with Crippen LogP contribution in [-0.2, 0) is 11.2 Å². The van der Waals surface area contributed by atoms with Gasteiger partial charge in [-0.3, -0.25) is 14.6 Å². The lowest BCUT2D eigenvalue weighted by Crippen LogP contribution is -2.26. The molecule has 7 nitrogen and oxygen atoms in total. The van der Waals surface area contributed by atoms with Gasteiger partial charge in [-0.05, 0) is 36.6 Å². The average molecular weight is 430 g/mol. The van der Waals surface area contributed by atoms with Crippen molar-refractivity contribution in [3.8, 4) is 11.5 Å². The van der Waals surface area contributed by atoms with Crippen LogP contribution in [0.25, 0.3) is 10.2 Å². The second-order valence-corrected chi connectivity index (χ2v) is 7.78. The Morgan fingerprint density at radius 1 is 1.20 bits per heavy atom. The first-order chi connectivity index (χ1) is 14.6. The Kier molecular flexibility index (Phi) is 7.37. The van der Waals surface area contributed by atoms with Gasteiger partial charge in [0.05, 0.1) is 21.5 Å². The van der Waals surface area contributed by atoms with E-state index < -0.39 is 0 Å². The van der Waals surface area contributed by atoms with Gasteiger partial charge in [-0.1, -0.05) is 12.1 Å². The quantitative estimate of drug-likeness (QED) is 0.648. The van der Waals surface area contributed by atoms with Crippen LogP contribution in [0.3, 0.4) is 0 Å². The van der Waals surface area contributed by atoms with Crippen molar-refractivity contribution in [2.45, 2.75) is 19.3 Å². The van der Waals surface area contributed by atoms with Crippen LogP contribution in [0.15, 0.2) is 42.6 Å². The summed E-state index contributed by atoms with van der Waals surface area (Å²) in [6.07, 6.45) is 4.16. The monoisotopic (exact) mass is 429 g/mol. The number of hydrogen-bond donors (Lipinski definition) is 2. The van der Waals surface area contributed by atoms with Crippen LogP contribution in [-0.4, -0.2) is 54.1 Å². The maximum Gasteiger partial charge on any atom is 0.264 e. The summed E-state index contributed by atoms with van der Waals surface area (Å²) in [5.41, 5.74) is 1.68. The van der Waals surface area contributed by atoms with E-state index in [-0.39, 0.29) is 13.2 Å². The number of nitrogens with zero attached hydrogens (tertiary/aromatic N) is 2. The molecular weight excluding hydrogens is 402 g/mol. The number of aliphatic hydroxyl groups excluding tert-OH is 1. The Morgan fingerprint density at radius 3 is 2.57 bits per heavy atom. The Balaban J connectivity index is 0.00000111. The average Bonchev–Trinajstić information content (AvgIpc) is 3.46. The standard InChI is InChI=1S/C21H21N3O3S.CH4O.H2/c1-22-19(25)12-14-4-6-15(7-5-14)27-17-8-9-23-16-13-18(28-20(16)17)21(26)24-10-2-3-11-24;1-2;/h4-9,13H,2-3,10-12H2,1H3,(H,22,25);2H,1H3;1H. The van der Waals surface area contributed by atoms with Gasteiger partial charge >= 0.3 is 0 Å². The molecule has 2 aromatic heterocycles. The first-order valence-corrected chi connectivity index (χ1v) is 10.6. The van der Waals surface area contributed by atoms with E-state index in [1.165, 1.54) is 11.3 Å². The minimum absolute atomic E-state index is 0. The maximum atomic E-state index is 12.7. The molecule has 8 heteroatoms. The van der Waals surface area contributed by atoms with Gasteiger partial charge in [0.2, 0.25) is 5.91 Å². The van der Waals surface area contributed by atoms with Gasteiger partial charge in [0.15, 0.2) is 0 Å². The number of likely N-dealkylation sites (tertiary alicyclic amines) is 1. The molecule has 1 saturated heterocycles. The zero-order chi connectivity index (χ0) is 21.5. The second kappa shape index (κ2) is 10.2. The van der Waals surface area contributed by atoms with Gasteiger partial charge in [-0.15, -0.1) is 11.3 Å². The van der Waals surface area contributed by atoms with Crippen molar-refractivity contribution >= 4 is 33.4 Å². The van der Waals surface area contributed by atoms with Crippen LogP contribution in [0.2, 0.25) is 0 Å². The lowest BCUT2D eigenvalue weighted by molar-refractivity contribution is -0.119. The number of carbonyl (C=O) groups is 2. The van der Waals surface area contributed by atoms with Crippen molar-refractivity contribution in [1.29, 1.82) is 0 Å². The molecule has 2 amide bonds. The summed E-state index contributed by atoms with van der Waals surface area (Å²) in [6.45, 7) is 1.65. The number of fused-ring (bicyclic) bond motifs is 1. The Morgan fingerprint density at radius 2 is 1.90 bits per heavy atom. The lowest BCUT2D eigenvalue weighted by atomic mass is 10.1. The highest BCUT2D eigenvalue weighted by molar-refractivity contribution is 7.21. The Bertz CT molecular complexity index is 1020. The molecule has 0 spiro atoms. The molecule has 0 unspecified atom stereocenters. The van der Waals surface area contributed by atoms with E-state index in [1.807, 2.05) is 35.2 Å². The highest BCUT2D eigenvalue weighted by Gasteiger charge is 2.22. The van der Waals surface area contributed by atoms with Crippen molar-refractivity contribution in [1.82, 2.24) is 15.2 Å². The van der Waals surface area contributed by atoms with Crippen molar-refractivity contribution < 1.29 is 20.9 Å². The van der Waals surface area contributed by atoms with Crippen LogP contribution < -0.4 is 10.1 Å². The fraction of sp³-hybridized carbons (Fsp3) is 0.318. The molecule has 1 aliphatic rings. The third kappa shape index (κ3) is 4.95. The highest BCUT2D eigenvalue weighted by Crippen LogP contribution is 2.35. The summed E-state index contributed by atoms with van der Waals surface area (Å²) in [5, 5.41) is 9.61. The Labute approximate surface area is 180 Å². The Hall–Kier alpha value is -2.97. The molecule has 0 saturated carbocycles. The van der Waals surface area contributed by atoms with E-state index in [4.69, 9.17) is 9.84 Å². The predicted molar refractivity (Wildman–Crippen MR) is 119 cm³/mol. The fourth-order valence-corrected chi connectivity index (χ4v) is 4.29. The van der Waals surface area contributed by atoms with E-state index in [9.17, 15) is 9.59 Å². The van der Waals surface area contributed by atoms with Gasteiger partial charge < -0.3 is 20.1 Å². The van der Waals surface area contributed by atoms with Crippen LogP contribution >= 0.6 is 11.3 Å². The van der Waals surface area contributed by atoms with E-state index >= 15 is 0 Å². The second-order valence-electron chi connectivity index (χ2n) is 6.73. The third-order valence-corrected chi connectivity index (χ3v) is 5.90. The normalized spacial score (nSPS) is 13.0. The summed E-state index contributed by atoms with van der Waals surface area (Å²) in [5.74, 6) is 1.40. The van der Waals surface area contributed by atoms with Crippen molar-refractivity contribution in [3.63, 3.8) is 0 Å². The summed E-state index contributed by atoms with van der Waals surface area (Å²) in [6, 6.07) is 11.1. The maximum absolute atomic E-state index is 12.7. The van der Waals surface area contributed by atoms with E-state index in [0.717, 1.165) is 48.8 Å². The number of likely N-dealkylation sites (N-methyl/N-ethyl adjacent to an activating group) is 1. The molecule has 30 heavy (non-hydrogen) atoms. The zero-order valence-corrected chi connectivity index (χ0v) is 17.9. The van der Waals surface area contributed by atoms with Crippen LogP contribution in [0.4, 0.5) is 0 Å². The van der Waals surface area contributed by atoms with Gasteiger partial charge in [0.25, 0.3) is 5.91 Å². The first kappa shape index (κ1) is 21.7. The number of nitrogens with one attached hydrogen (secondary N) is 1. The highest BCUT2D eigenvalue weighted by atomic mass is 32.1. The van der Waals surface area contributed by atoms with E-state index in [0.29, 0.717) is 22.8 Å². The smallest absolute Gasteiger partial charge is 0.264 e. The molecule has 3 heterocycles. The van der Waals surface area contributed by atoms with Crippen LogP contribution in [0, 0.1) is 0 Å². The largest absolute Gasteiger partial charge is 0.456 e. The summed E-state index contributed by atoms with van der Waals surface area (Å²) < 4.78 is 6.90. The minimum Gasteiger partial charge on any atom is -0.456 e. The predicted octanol–water partition coefficient (Wildman–Crippen LogP) is 3.47. The van der Waals surface area contributed by atoms with Gasteiger partial charge in [0.1, 0.15) is 11.5 Å². The molecule has 2 N–H and O–H groups in total. The number of hydrogen-bond acceptors (Lipinski definition) is 6. The number of aliphatic hydroxyl groups is 1. The molecule has 3 aromatic rings. The number of rotatable bonds is 5. The van der Waals surface area contributed by atoms with Crippen LogP contribution in [0.1, 0.15) is 29.5 Å². The summed E-state index contributed by atoms with van der Waals surface area (Å²) in [4.78, 5) is 31.1. The van der Waals surface area contributed by atoms with Gasteiger partial charge in [0, 0.05) is 40.9 Å². The number of benzene rings is 1. The minimum atomic E-state index is -0.0294. The van der Waals surface area contributed by atoms with E-state index in [1.54, 1.807) is 19.3 Å². The number of amides is 2. The SMILES string of the molecule is CNC(=O)Cc1ccc(Oc2ccnc3cc(C(=O)N4CCCC4)sc23)cc1.CO.[HH]. The molecule has 0 bridgehead atoms. The molecule has 0 atom stereocenters. The van der Waals surface area contributed by atoms with Crippen molar-refractivity contribution in [2.24, 2.45) is 0 Å². The van der Waals surface area contributed by atoms with Crippen molar-refractivity contribution in [2.75, 3.05) is 27.2 Å². The number of pyridine rings is 1. The molecule has 0 radical (unpaired) electrons. The summed E-state index contributed by atoms with van der Waals surface area (Å²) >= 11 is 1.42. The zero-order valence-electron chi connectivity index (χ0n) is 17.1. The van der Waals surface area contributed by atoms with E-state index in [2.05, 4.69) is 10.3 Å². The molecule has 4 rings (SSSR count). The number of aromatic nitrogens is 1. The van der Waals surface area contributed by atoms with Crippen molar-refractivity contribution in [3.05, 3.63) is 53.0 Å². The third-order valence-electron chi connectivity index (χ3n) is 4.77. The molecule has 1 fully saturated rings. The topological polar surface area (TPSA) is 91.8 Å². The molecule has 1 aliphatic heterocycles. The number of thiophene rings is 1. The van der Waals surface area contributed by atoms with Crippen LogP contribution in [0.5, 0.6) is 11.5 Å². The number of ether oxygens (including phenoxy) is 1. The molecule has 1 aromatic carbocycles. The molecular formula is C22H27N3O4S. The fourth-order valence-electron chi connectivity index (χ4n) is 3.25. The molecule has 0 aliphatic carbocycles. The van der Waals surface area contributed by atoms with Gasteiger partial charge in [-0.2, -0.15) is 0 Å². The molecule has 160 valence electrons. The lowest BCUT2D eigenvalue weighted by Gasteiger charge is -2.13. The summed E-state index contributed by atoms with van der Waals surface area (Å²) in [7, 11) is 2.62. The number of carbonyl (C=O) groups excluding carboxylic acids is 2.